The number of hydrogen-bond acceptors (Lipinski definition) is 1. The number of amidine groups is 1. The summed E-state index contributed by atoms with van der Waals surface area (Å²) in [5.74, 6) is 0.611. The molecular formula is C24H34N2. The minimum atomic E-state index is 0.611. The highest BCUT2D eigenvalue weighted by atomic mass is 14.9. The van der Waals surface area contributed by atoms with E-state index in [2.05, 4.69) is 65.0 Å². The van der Waals surface area contributed by atoms with Crippen molar-refractivity contribution in [1.29, 1.82) is 0 Å². The summed E-state index contributed by atoms with van der Waals surface area (Å²) in [7, 11) is 0. The highest BCUT2D eigenvalue weighted by Gasteiger charge is 2.09. The van der Waals surface area contributed by atoms with Gasteiger partial charge in [0.05, 0.1) is 5.69 Å². The van der Waals surface area contributed by atoms with Crippen LogP contribution in [0.2, 0.25) is 0 Å². The van der Waals surface area contributed by atoms with Gasteiger partial charge in [0, 0.05) is 5.56 Å². The number of rotatable bonds is 8. The summed E-state index contributed by atoms with van der Waals surface area (Å²) in [5, 5.41) is 0. The predicted octanol–water partition coefficient (Wildman–Crippen LogP) is 6.06. The smallest absolute Gasteiger partial charge is 0.131 e. The van der Waals surface area contributed by atoms with Gasteiger partial charge < -0.3 is 5.73 Å². The monoisotopic (exact) mass is 350 g/mol. The zero-order valence-corrected chi connectivity index (χ0v) is 17.2. The first-order chi connectivity index (χ1) is 12.5. The largest absolute Gasteiger partial charge is 0.383 e. The molecule has 2 aromatic carbocycles. The van der Waals surface area contributed by atoms with E-state index in [9.17, 15) is 0 Å². The van der Waals surface area contributed by atoms with Gasteiger partial charge in [0.2, 0.25) is 0 Å². The molecule has 0 spiro atoms. The Kier molecular flexibility index (Phi) is 7.44. The number of hydrogen-bond donors (Lipinski definition) is 1. The molecule has 0 bridgehead atoms. The van der Waals surface area contributed by atoms with Gasteiger partial charge in [-0.25, -0.2) is 4.99 Å². The molecule has 2 nitrogen and oxygen atoms in total. The number of unbranched alkanes of at least 4 members (excludes halogenated alkanes) is 1. The molecule has 0 fully saturated rings. The Morgan fingerprint density at radius 1 is 0.885 bits per heavy atom. The molecule has 2 heteroatoms. The molecule has 0 aliphatic heterocycles. The lowest BCUT2D eigenvalue weighted by Crippen LogP contribution is -2.14. The van der Waals surface area contributed by atoms with Gasteiger partial charge in [-0.15, -0.1) is 0 Å². The number of aryl methyl sites for hydroxylation is 4. The Morgan fingerprint density at radius 2 is 1.62 bits per heavy atom. The molecule has 0 aliphatic carbocycles. The molecule has 0 atom stereocenters. The molecule has 2 aromatic rings. The second-order valence-corrected chi connectivity index (χ2v) is 7.04. The van der Waals surface area contributed by atoms with Crippen LogP contribution >= 0.6 is 0 Å². The normalized spacial score (nSPS) is 11.8. The van der Waals surface area contributed by atoms with Crippen LogP contribution in [0.25, 0.3) is 0 Å². The van der Waals surface area contributed by atoms with Crippen molar-refractivity contribution in [1.82, 2.24) is 0 Å². The SMILES string of the molecule is CCCCc1ccc(/C(N)=N/c2cc(CC)cc(CC)c2C)cc1CC. The van der Waals surface area contributed by atoms with Crippen molar-refractivity contribution >= 4 is 11.5 Å². The third-order valence-electron chi connectivity index (χ3n) is 5.26. The Labute approximate surface area is 159 Å². The fourth-order valence-corrected chi connectivity index (χ4v) is 3.43. The van der Waals surface area contributed by atoms with Gasteiger partial charge in [0.15, 0.2) is 0 Å². The van der Waals surface area contributed by atoms with Crippen LogP contribution in [-0.4, -0.2) is 5.84 Å². The number of benzene rings is 2. The van der Waals surface area contributed by atoms with Gasteiger partial charge in [-0.1, -0.05) is 52.3 Å². The maximum absolute atomic E-state index is 6.40. The highest BCUT2D eigenvalue weighted by Crippen LogP contribution is 2.26. The Hall–Kier alpha value is -2.09. The van der Waals surface area contributed by atoms with Gasteiger partial charge in [0.1, 0.15) is 5.84 Å². The van der Waals surface area contributed by atoms with Crippen LogP contribution in [0.5, 0.6) is 0 Å². The Morgan fingerprint density at radius 3 is 2.23 bits per heavy atom. The zero-order chi connectivity index (χ0) is 19.1. The van der Waals surface area contributed by atoms with Crippen molar-refractivity contribution in [2.24, 2.45) is 10.7 Å². The summed E-state index contributed by atoms with van der Waals surface area (Å²) >= 11 is 0. The lowest BCUT2D eigenvalue weighted by molar-refractivity contribution is 0.787. The van der Waals surface area contributed by atoms with E-state index >= 15 is 0 Å². The molecule has 0 heterocycles. The van der Waals surface area contributed by atoms with Crippen LogP contribution < -0.4 is 5.73 Å². The van der Waals surface area contributed by atoms with Crippen LogP contribution in [0.4, 0.5) is 5.69 Å². The molecule has 0 amide bonds. The number of nitrogens with zero attached hydrogens (tertiary/aromatic N) is 1. The van der Waals surface area contributed by atoms with E-state index in [-0.39, 0.29) is 0 Å². The van der Waals surface area contributed by atoms with E-state index in [4.69, 9.17) is 10.7 Å². The maximum Gasteiger partial charge on any atom is 0.131 e. The summed E-state index contributed by atoms with van der Waals surface area (Å²) in [6, 6.07) is 11.1. The molecule has 140 valence electrons. The van der Waals surface area contributed by atoms with E-state index < -0.39 is 0 Å². The van der Waals surface area contributed by atoms with Gasteiger partial charge in [-0.2, -0.15) is 0 Å². The minimum absolute atomic E-state index is 0.611. The number of aliphatic imine (C=N–C) groups is 1. The fourth-order valence-electron chi connectivity index (χ4n) is 3.43. The van der Waals surface area contributed by atoms with Crippen molar-refractivity contribution in [3.63, 3.8) is 0 Å². The Balaban J connectivity index is 2.40. The standard InChI is InChI=1S/C24H34N2/c1-6-10-11-21-12-13-22(16-20(21)9-4)24(25)26-23-15-18(7-2)14-19(8-3)17(23)5/h12-16H,6-11H2,1-5H3,(H2,25,26). The van der Waals surface area contributed by atoms with Crippen molar-refractivity contribution in [2.75, 3.05) is 0 Å². The van der Waals surface area contributed by atoms with Gasteiger partial charge in [0.25, 0.3) is 0 Å². The van der Waals surface area contributed by atoms with Gasteiger partial charge in [-0.05, 0) is 79.0 Å². The first kappa shape index (κ1) is 20.2. The Bertz CT molecular complexity index is 772. The summed E-state index contributed by atoms with van der Waals surface area (Å²) in [5.41, 5.74) is 15.2. The molecule has 0 aliphatic rings. The molecule has 0 unspecified atom stereocenters. The lowest BCUT2D eigenvalue weighted by atomic mass is 9.97. The van der Waals surface area contributed by atoms with E-state index in [1.807, 2.05) is 0 Å². The predicted molar refractivity (Wildman–Crippen MR) is 115 cm³/mol. The fraction of sp³-hybridized carbons (Fsp3) is 0.458. The molecule has 0 saturated heterocycles. The van der Waals surface area contributed by atoms with E-state index in [0.717, 1.165) is 36.9 Å². The third-order valence-corrected chi connectivity index (χ3v) is 5.26. The van der Waals surface area contributed by atoms with Crippen LogP contribution in [-0.2, 0) is 25.7 Å². The van der Waals surface area contributed by atoms with Crippen molar-refractivity contribution in [3.8, 4) is 0 Å². The second kappa shape index (κ2) is 9.56. The van der Waals surface area contributed by atoms with E-state index in [0.29, 0.717) is 5.84 Å². The molecule has 0 radical (unpaired) electrons. The van der Waals surface area contributed by atoms with E-state index in [1.165, 1.54) is 40.7 Å². The number of nitrogens with two attached hydrogens (primary N) is 1. The van der Waals surface area contributed by atoms with Gasteiger partial charge in [-0.3, -0.25) is 0 Å². The molecule has 2 rings (SSSR count). The topological polar surface area (TPSA) is 38.4 Å². The third kappa shape index (κ3) is 4.75. The molecule has 0 aromatic heterocycles. The van der Waals surface area contributed by atoms with Crippen LogP contribution in [0, 0.1) is 6.92 Å². The first-order valence-electron chi connectivity index (χ1n) is 10.1. The van der Waals surface area contributed by atoms with Gasteiger partial charge >= 0.3 is 0 Å². The van der Waals surface area contributed by atoms with Crippen LogP contribution in [0.1, 0.15) is 73.9 Å². The lowest BCUT2D eigenvalue weighted by Gasteiger charge is -2.12. The summed E-state index contributed by atoms with van der Waals surface area (Å²) in [4.78, 5) is 4.81. The molecule has 0 saturated carbocycles. The summed E-state index contributed by atoms with van der Waals surface area (Å²) < 4.78 is 0. The average molecular weight is 351 g/mol. The first-order valence-corrected chi connectivity index (χ1v) is 10.1. The second-order valence-electron chi connectivity index (χ2n) is 7.04. The molecule has 26 heavy (non-hydrogen) atoms. The van der Waals surface area contributed by atoms with Crippen LogP contribution in [0.3, 0.4) is 0 Å². The summed E-state index contributed by atoms with van der Waals surface area (Å²) in [6.07, 6.45) is 6.68. The highest BCUT2D eigenvalue weighted by molar-refractivity contribution is 5.99. The summed E-state index contributed by atoms with van der Waals surface area (Å²) in [6.45, 7) is 11.0. The van der Waals surface area contributed by atoms with Crippen molar-refractivity contribution in [3.05, 3.63) is 63.7 Å². The average Bonchev–Trinajstić information content (AvgIpc) is 2.67. The zero-order valence-electron chi connectivity index (χ0n) is 17.2. The molecular weight excluding hydrogens is 316 g/mol. The van der Waals surface area contributed by atoms with E-state index in [1.54, 1.807) is 0 Å². The quantitative estimate of drug-likeness (QED) is 0.456. The minimum Gasteiger partial charge on any atom is -0.383 e. The van der Waals surface area contributed by atoms with Crippen LogP contribution in [0.15, 0.2) is 35.3 Å². The van der Waals surface area contributed by atoms with Crippen molar-refractivity contribution < 1.29 is 0 Å². The molecule has 2 N–H and O–H groups in total. The maximum atomic E-state index is 6.40. The van der Waals surface area contributed by atoms with Crippen molar-refractivity contribution in [2.45, 2.75) is 73.1 Å².